The highest BCUT2D eigenvalue weighted by Crippen LogP contribution is 2.37. The molecule has 0 radical (unpaired) electrons. The zero-order valence-corrected chi connectivity index (χ0v) is 21.2. The van der Waals surface area contributed by atoms with Crippen LogP contribution in [0, 0.1) is 0 Å². The van der Waals surface area contributed by atoms with E-state index in [1.165, 1.54) is 16.7 Å². The molecule has 0 atom stereocenters. The van der Waals surface area contributed by atoms with Gasteiger partial charge < -0.3 is 10.1 Å². The number of nitrogens with zero attached hydrogens (tertiary/aromatic N) is 1. The fraction of sp³-hybridized carbons (Fsp3) is 0.0417. The third-order valence-electron chi connectivity index (χ3n) is 4.64. The highest BCUT2D eigenvalue weighted by molar-refractivity contribution is 8.27. The molecule has 10 heteroatoms. The number of ether oxygens (including phenoxy) is 1. The summed E-state index contributed by atoms with van der Waals surface area (Å²) in [5.74, 6) is -0.272. The van der Waals surface area contributed by atoms with E-state index in [0.29, 0.717) is 47.0 Å². The van der Waals surface area contributed by atoms with E-state index in [9.17, 15) is 9.59 Å². The second-order valence-corrected chi connectivity index (χ2v) is 9.93. The van der Waals surface area contributed by atoms with Crippen molar-refractivity contribution in [3.8, 4) is 5.75 Å². The molecule has 0 aromatic heterocycles. The largest absolute Gasteiger partial charge is 0.482 e. The third-order valence-corrected chi connectivity index (χ3v) is 6.82. The second kappa shape index (κ2) is 10.8. The molecule has 2 amide bonds. The number of thioether (sulfide) groups is 1. The van der Waals surface area contributed by atoms with Crippen LogP contribution in [-0.2, 0) is 9.59 Å². The number of thiocarbonyl (C=S) groups is 1. The van der Waals surface area contributed by atoms with Gasteiger partial charge in [0.05, 0.1) is 26.3 Å². The van der Waals surface area contributed by atoms with Crippen LogP contribution in [-0.4, -0.2) is 22.7 Å². The van der Waals surface area contributed by atoms with Crippen LogP contribution in [0.15, 0.2) is 71.6 Å². The van der Waals surface area contributed by atoms with Crippen molar-refractivity contribution in [2.24, 2.45) is 0 Å². The van der Waals surface area contributed by atoms with E-state index in [1.54, 1.807) is 72.8 Å². The van der Waals surface area contributed by atoms with Gasteiger partial charge >= 0.3 is 0 Å². The summed E-state index contributed by atoms with van der Waals surface area (Å²) in [7, 11) is 0. The van der Waals surface area contributed by atoms with Gasteiger partial charge in [0.1, 0.15) is 5.75 Å². The zero-order chi connectivity index (χ0) is 24.2. The van der Waals surface area contributed by atoms with Gasteiger partial charge in [0, 0.05) is 5.02 Å². The summed E-state index contributed by atoms with van der Waals surface area (Å²) in [6.45, 7) is -0.246. The van der Waals surface area contributed by atoms with E-state index in [-0.39, 0.29) is 18.4 Å². The number of amides is 2. The van der Waals surface area contributed by atoms with Gasteiger partial charge in [0.2, 0.25) is 0 Å². The van der Waals surface area contributed by atoms with Gasteiger partial charge in [0.25, 0.3) is 11.8 Å². The minimum absolute atomic E-state index is 0.231. The molecule has 1 fully saturated rings. The third kappa shape index (κ3) is 5.74. The molecule has 3 aromatic carbocycles. The predicted molar refractivity (Wildman–Crippen MR) is 144 cm³/mol. The first-order valence-electron chi connectivity index (χ1n) is 9.82. The smallest absolute Gasteiger partial charge is 0.270 e. The minimum Gasteiger partial charge on any atom is -0.482 e. The van der Waals surface area contributed by atoms with Crippen LogP contribution in [0.5, 0.6) is 5.75 Å². The lowest BCUT2D eigenvalue weighted by Crippen LogP contribution is -2.27. The first-order valence-corrected chi connectivity index (χ1v) is 12.2. The number of benzene rings is 3. The molecule has 0 aliphatic carbocycles. The second-order valence-electron chi connectivity index (χ2n) is 7.00. The summed E-state index contributed by atoms with van der Waals surface area (Å²) in [5.41, 5.74) is 1.83. The van der Waals surface area contributed by atoms with Crippen LogP contribution in [0.25, 0.3) is 6.08 Å². The average Bonchev–Trinajstić information content (AvgIpc) is 3.08. The molecule has 1 saturated heterocycles. The zero-order valence-electron chi connectivity index (χ0n) is 17.3. The number of carbonyl (C=O) groups is 2. The average molecular weight is 550 g/mol. The molecule has 0 saturated carbocycles. The lowest BCUT2D eigenvalue weighted by molar-refractivity contribution is -0.118. The Hall–Kier alpha value is -2.55. The molecule has 34 heavy (non-hydrogen) atoms. The Morgan fingerprint density at radius 3 is 2.47 bits per heavy atom. The van der Waals surface area contributed by atoms with Gasteiger partial charge in [-0.25, -0.2) is 0 Å². The quantitative estimate of drug-likeness (QED) is 0.263. The van der Waals surface area contributed by atoms with Crippen molar-refractivity contribution in [1.82, 2.24) is 0 Å². The molecule has 1 N–H and O–H groups in total. The Labute approximate surface area is 220 Å². The van der Waals surface area contributed by atoms with Crippen LogP contribution in [0.3, 0.4) is 0 Å². The molecular weight excluding hydrogens is 535 g/mol. The Balaban J connectivity index is 1.42. The Morgan fingerprint density at radius 1 is 1.03 bits per heavy atom. The van der Waals surface area contributed by atoms with Crippen LogP contribution in [0.1, 0.15) is 5.56 Å². The van der Waals surface area contributed by atoms with E-state index < -0.39 is 0 Å². The Bertz CT molecular complexity index is 1310. The SMILES string of the molecule is O=C(COc1ccc(/C=C2\SC(=S)N(c3ccc(Cl)cc3)C2=O)cc1Cl)Nc1ccccc1Cl. The number of nitrogens with one attached hydrogen (secondary N) is 1. The van der Waals surface area contributed by atoms with Crippen molar-refractivity contribution in [2.45, 2.75) is 0 Å². The first kappa shape index (κ1) is 24.6. The van der Waals surface area contributed by atoms with Gasteiger partial charge in [-0.3, -0.25) is 14.5 Å². The van der Waals surface area contributed by atoms with Crippen molar-refractivity contribution in [3.05, 3.63) is 92.3 Å². The van der Waals surface area contributed by atoms with Gasteiger partial charge in [-0.15, -0.1) is 0 Å². The normalized spacial score (nSPS) is 14.6. The van der Waals surface area contributed by atoms with Gasteiger partial charge in [-0.2, -0.15) is 0 Å². The molecule has 1 aliphatic heterocycles. The molecule has 1 aliphatic rings. The van der Waals surface area contributed by atoms with Gasteiger partial charge in [-0.05, 0) is 60.2 Å². The summed E-state index contributed by atoms with van der Waals surface area (Å²) in [6.07, 6.45) is 1.70. The van der Waals surface area contributed by atoms with Crippen LogP contribution >= 0.6 is 58.8 Å². The maximum atomic E-state index is 12.9. The highest BCUT2D eigenvalue weighted by atomic mass is 35.5. The number of anilines is 2. The number of halogens is 3. The van der Waals surface area contributed by atoms with Crippen molar-refractivity contribution in [3.63, 3.8) is 0 Å². The van der Waals surface area contributed by atoms with Crippen molar-refractivity contribution in [1.29, 1.82) is 0 Å². The molecule has 172 valence electrons. The molecule has 0 spiro atoms. The lowest BCUT2D eigenvalue weighted by Gasteiger charge is -2.14. The number of hydrogen-bond acceptors (Lipinski definition) is 5. The van der Waals surface area contributed by atoms with Crippen molar-refractivity contribution < 1.29 is 14.3 Å². The Kier molecular flexibility index (Phi) is 7.80. The molecule has 1 heterocycles. The molecule has 0 bridgehead atoms. The maximum absolute atomic E-state index is 12.9. The van der Waals surface area contributed by atoms with Crippen LogP contribution in [0.2, 0.25) is 15.1 Å². The molecule has 3 aromatic rings. The maximum Gasteiger partial charge on any atom is 0.270 e. The van der Waals surface area contributed by atoms with Gasteiger partial charge in [0.15, 0.2) is 10.9 Å². The number of hydrogen-bond donors (Lipinski definition) is 1. The molecule has 5 nitrogen and oxygen atoms in total. The predicted octanol–water partition coefficient (Wildman–Crippen LogP) is 7.07. The van der Waals surface area contributed by atoms with Crippen LogP contribution in [0.4, 0.5) is 11.4 Å². The molecule has 0 unspecified atom stereocenters. The topological polar surface area (TPSA) is 58.6 Å². The summed E-state index contributed by atoms with van der Waals surface area (Å²) < 4.78 is 5.96. The molecular formula is C24H15Cl3N2O3S2. The monoisotopic (exact) mass is 548 g/mol. The van der Waals surface area contributed by atoms with E-state index in [0.717, 1.165) is 0 Å². The number of carbonyl (C=O) groups excluding carboxylic acids is 2. The van der Waals surface area contributed by atoms with E-state index >= 15 is 0 Å². The molecule has 4 rings (SSSR count). The lowest BCUT2D eigenvalue weighted by atomic mass is 10.2. The highest BCUT2D eigenvalue weighted by Gasteiger charge is 2.33. The van der Waals surface area contributed by atoms with E-state index in [1.807, 2.05) is 0 Å². The van der Waals surface area contributed by atoms with Crippen LogP contribution < -0.4 is 15.0 Å². The Morgan fingerprint density at radius 2 is 1.76 bits per heavy atom. The van der Waals surface area contributed by atoms with Crippen molar-refractivity contribution >= 4 is 92.4 Å². The van der Waals surface area contributed by atoms with Crippen molar-refractivity contribution in [2.75, 3.05) is 16.8 Å². The summed E-state index contributed by atoms with van der Waals surface area (Å²) >= 11 is 24.9. The summed E-state index contributed by atoms with van der Waals surface area (Å²) in [6, 6.07) is 18.8. The summed E-state index contributed by atoms with van der Waals surface area (Å²) in [5, 5.41) is 3.98. The number of para-hydroxylation sites is 1. The minimum atomic E-state index is -0.376. The fourth-order valence-electron chi connectivity index (χ4n) is 3.05. The standard InChI is InChI=1S/C24H15Cl3N2O3S2/c25-15-6-8-16(9-7-15)29-23(31)21(34-24(29)33)12-14-5-10-20(18(27)11-14)32-13-22(30)28-19-4-2-1-3-17(19)26/h1-12H,13H2,(H,28,30)/b21-12-. The number of rotatable bonds is 6. The van der Waals surface area contributed by atoms with E-state index in [2.05, 4.69) is 5.32 Å². The first-order chi connectivity index (χ1) is 16.3. The van der Waals surface area contributed by atoms with Gasteiger partial charge in [-0.1, -0.05) is 77.0 Å². The van der Waals surface area contributed by atoms with E-state index in [4.69, 9.17) is 51.8 Å². The summed E-state index contributed by atoms with van der Waals surface area (Å²) in [4.78, 5) is 27.0. The fourth-order valence-corrected chi connectivity index (χ4v) is 4.90.